The number of carbonyl (C=O) groups is 1. The van der Waals surface area contributed by atoms with Gasteiger partial charge >= 0.3 is 0 Å². The predicted molar refractivity (Wildman–Crippen MR) is 73.4 cm³/mol. The van der Waals surface area contributed by atoms with Crippen LogP contribution in [-0.2, 0) is 17.9 Å². The maximum Gasteiger partial charge on any atom is 0.237 e. The van der Waals surface area contributed by atoms with Crippen molar-refractivity contribution in [1.29, 1.82) is 0 Å². The molecule has 0 radical (unpaired) electrons. The zero-order valence-electron chi connectivity index (χ0n) is 11.7. The normalized spacial score (nSPS) is 18.8. The van der Waals surface area contributed by atoms with Crippen LogP contribution in [0, 0.1) is 0 Å². The number of fused-ring (bicyclic) bond motifs is 1. The van der Waals surface area contributed by atoms with Crippen LogP contribution in [-0.4, -0.2) is 46.0 Å². The Morgan fingerprint density at radius 3 is 3.05 bits per heavy atom. The molecule has 3 N–H and O–H groups in total. The number of aromatic nitrogens is 2. The van der Waals surface area contributed by atoms with Crippen LogP contribution in [0.2, 0.25) is 0 Å². The number of likely N-dealkylation sites (N-methyl/N-ethyl adjacent to an activating group) is 1. The molecule has 0 saturated heterocycles. The van der Waals surface area contributed by atoms with Gasteiger partial charge in [-0.2, -0.15) is 0 Å². The largest absolute Gasteiger partial charge is 0.368 e. The summed E-state index contributed by atoms with van der Waals surface area (Å²) in [7, 11) is 1.78. The maximum absolute atomic E-state index is 11.4. The second kappa shape index (κ2) is 5.71. The van der Waals surface area contributed by atoms with Gasteiger partial charge in [0.2, 0.25) is 5.91 Å². The molecule has 1 amide bonds. The number of amides is 1. The molecule has 6 nitrogen and oxygen atoms in total. The van der Waals surface area contributed by atoms with Crippen LogP contribution in [0.25, 0.3) is 0 Å². The first-order chi connectivity index (χ1) is 9.05. The van der Waals surface area contributed by atoms with Gasteiger partial charge in [0.1, 0.15) is 5.82 Å². The number of nitrogens with one attached hydrogen (secondary N) is 1. The molecule has 0 aliphatic carbocycles. The third-order valence-corrected chi connectivity index (χ3v) is 4.07. The van der Waals surface area contributed by atoms with Gasteiger partial charge in [0.25, 0.3) is 0 Å². The lowest BCUT2D eigenvalue weighted by Crippen LogP contribution is -2.51. The van der Waals surface area contributed by atoms with Gasteiger partial charge in [-0.3, -0.25) is 9.69 Å². The van der Waals surface area contributed by atoms with Crippen molar-refractivity contribution < 1.29 is 4.79 Å². The monoisotopic (exact) mass is 265 g/mol. The van der Waals surface area contributed by atoms with E-state index in [1.165, 1.54) is 0 Å². The highest BCUT2D eigenvalue weighted by atomic mass is 16.1. The van der Waals surface area contributed by atoms with Crippen molar-refractivity contribution in [2.75, 3.05) is 20.1 Å². The number of nitrogens with zero attached hydrogens (tertiary/aromatic N) is 3. The average Bonchev–Trinajstić information content (AvgIpc) is 2.85. The molecule has 1 aromatic heterocycles. The number of nitrogens with two attached hydrogens (primary N) is 1. The minimum atomic E-state index is -0.603. The summed E-state index contributed by atoms with van der Waals surface area (Å²) in [4.78, 5) is 18.1. The molecule has 19 heavy (non-hydrogen) atoms. The summed E-state index contributed by atoms with van der Waals surface area (Å²) < 4.78 is 2.19. The zero-order chi connectivity index (χ0) is 13.9. The summed E-state index contributed by atoms with van der Waals surface area (Å²) in [6.07, 6.45) is 5.58. The van der Waals surface area contributed by atoms with Crippen LogP contribution in [0.3, 0.4) is 0 Å². The van der Waals surface area contributed by atoms with Gasteiger partial charge in [-0.15, -0.1) is 0 Å². The van der Waals surface area contributed by atoms with E-state index in [0.29, 0.717) is 0 Å². The highest BCUT2D eigenvalue weighted by Crippen LogP contribution is 2.15. The standard InChI is InChI=1S/C13H23N5O/c1-13(15-2,12(14)19)4-3-6-17-8-9-18-7-5-16-11(18)10-17/h5,7,15H,3-4,6,8-10H2,1-2H3,(H2,14,19). The van der Waals surface area contributed by atoms with Gasteiger partial charge in [-0.1, -0.05) is 0 Å². The van der Waals surface area contributed by atoms with E-state index in [0.717, 1.165) is 44.8 Å². The van der Waals surface area contributed by atoms with E-state index < -0.39 is 5.54 Å². The number of carbonyl (C=O) groups excluding carboxylic acids is 1. The van der Waals surface area contributed by atoms with Crippen molar-refractivity contribution >= 4 is 5.91 Å². The minimum absolute atomic E-state index is 0.288. The maximum atomic E-state index is 11.4. The third kappa shape index (κ3) is 3.13. The molecular weight excluding hydrogens is 242 g/mol. The fourth-order valence-corrected chi connectivity index (χ4v) is 2.44. The van der Waals surface area contributed by atoms with Gasteiger partial charge in [-0.25, -0.2) is 4.98 Å². The van der Waals surface area contributed by atoms with Crippen molar-refractivity contribution in [2.24, 2.45) is 5.73 Å². The molecular formula is C13H23N5O. The number of hydrogen-bond donors (Lipinski definition) is 2. The second-order valence-corrected chi connectivity index (χ2v) is 5.36. The van der Waals surface area contributed by atoms with Crippen LogP contribution >= 0.6 is 0 Å². The smallest absolute Gasteiger partial charge is 0.237 e. The molecule has 0 saturated carbocycles. The number of rotatable bonds is 6. The molecule has 0 fully saturated rings. The molecule has 106 valence electrons. The fraction of sp³-hybridized carbons (Fsp3) is 0.692. The van der Waals surface area contributed by atoms with E-state index >= 15 is 0 Å². The topological polar surface area (TPSA) is 76.2 Å². The summed E-state index contributed by atoms with van der Waals surface area (Å²) in [6.45, 7) is 5.75. The Morgan fingerprint density at radius 2 is 2.37 bits per heavy atom. The predicted octanol–water partition coefficient (Wildman–Crippen LogP) is -0.0577. The number of hydrogen-bond acceptors (Lipinski definition) is 4. The van der Waals surface area contributed by atoms with Crippen molar-refractivity contribution in [3.05, 3.63) is 18.2 Å². The lowest BCUT2D eigenvalue weighted by atomic mass is 9.95. The van der Waals surface area contributed by atoms with E-state index in [1.807, 2.05) is 19.3 Å². The molecule has 0 aromatic carbocycles. The Morgan fingerprint density at radius 1 is 1.58 bits per heavy atom. The molecule has 1 aliphatic heterocycles. The van der Waals surface area contributed by atoms with Crippen molar-refractivity contribution in [1.82, 2.24) is 19.8 Å². The summed E-state index contributed by atoms with van der Waals surface area (Å²) in [5.74, 6) is 0.835. The molecule has 1 atom stereocenters. The molecule has 2 rings (SSSR count). The van der Waals surface area contributed by atoms with Gasteiger partial charge in [0.05, 0.1) is 12.1 Å². The molecule has 1 unspecified atom stereocenters. The molecule has 1 aliphatic rings. The molecule has 0 spiro atoms. The van der Waals surface area contributed by atoms with Gasteiger partial charge in [-0.05, 0) is 33.4 Å². The Labute approximate surface area is 114 Å². The van der Waals surface area contributed by atoms with Crippen molar-refractivity contribution in [3.63, 3.8) is 0 Å². The molecule has 2 heterocycles. The molecule has 6 heteroatoms. The third-order valence-electron chi connectivity index (χ3n) is 4.07. The van der Waals surface area contributed by atoms with E-state index in [4.69, 9.17) is 5.73 Å². The van der Waals surface area contributed by atoms with E-state index in [-0.39, 0.29) is 5.91 Å². The first-order valence-electron chi connectivity index (χ1n) is 6.76. The minimum Gasteiger partial charge on any atom is -0.368 e. The molecule has 1 aromatic rings. The SMILES string of the molecule is CNC(C)(CCCN1CCn2ccnc2C1)C(N)=O. The molecule has 0 bridgehead atoms. The zero-order valence-corrected chi connectivity index (χ0v) is 11.7. The van der Waals surface area contributed by atoms with E-state index in [2.05, 4.69) is 19.8 Å². The number of imidazole rings is 1. The van der Waals surface area contributed by atoms with Crippen LogP contribution in [0.4, 0.5) is 0 Å². The van der Waals surface area contributed by atoms with Crippen LogP contribution < -0.4 is 11.1 Å². The van der Waals surface area contributed by atoms with Crippen LogP contribution in [0.5, 0.6) is 0 Å². The first kappa shape index (κ1) is 14.0. The fourth-order valence-electron chi connectivity index (χ4n) is 2.44. The summed E-state index contributed by atoms with van der Waals surface area (Å²) in [5.41, 5.74) is 4.82. The van der Waals surface area contributed by atoms with Crippen LogP contribution in [0.1, 0.15) is 25.6 Å². The Kier molecular flexibility index (Phi) is 4.21. The summed E-state index contributed by atoms with van der Waals surface area (Å²) in [5, 5.41) is 3.02. The van der Waals surface area contributed by atoms with Crippen molar-refractivity contribution in [2.45, 2.75) is 38.4 Å². The second-order valence-electron chi connectivity index (χ2n) is 5.36. The lowest BCUT2D eigenvalue weighted by molar-refractivity contribution is -0.123. The van der Waals surface area contributed by atoms with E-state index in [9.17, 15) is 4.79 Å². The average molecular weight is 265 g/mol. The Bertz CT molecular complexity index is 444. The summed E-state index contributed by atoms with van der Waals surface area (Å²) in [6, 6.07) is 0. The highest BCUT2D eigenvalue weighted by Gasteiger charge is 2.28. The van der Waals surface area contributed by atoms with E-state index in [1.54, 1.807) is 7.05 Å². The highest BCUT2D eigenvalue weighted by molar-refractivity contribution is 5.84. The van der Waals surface area contributed by atoms with Gasteiger partial charge in [0, 0.05) is 25.5 Å². The Hall–Kier alpha value is -1.40. The first-order valence-corrected chi connectivity index (χ1v) is 6.76. The van der Waals surface area contributed by atoms with Crippen molar-refractivity contribution in [3.8, 4) is 0 Å². The van der Waals surface area contributed by atoms with Gasteiger partial charge in [0.15, 0.2) is 0 Å². The summed E-state index contributed by atoms with van der Waals surface area (Å²) >= 11 is 0. The number of primary amides is 1. The lowest BCUT2D eigenvalue weighted by Gasteiger charge is -2.30. The quantitative estimate of drug-likeness (QED) is 0.755. The Balaban J connectivity index is 1.80. The van der Waals surface area contributed by atoms with Gasteiger partial charge < -0.3 is 15.6 Å². The van der Waals surface area contributed by atoms with Crippen LogP contribution in [0.15, 0.2) is 12.4 Å².